The van der Waals surface area contributed by atoms with E-state index in [1.165, 1.54) is 0 Å². The zero-order valence-electron chi connectivity index (χ0n) is 5.23. The Bertz CT molecular complexity index is 64.8. The second kappa shape index (κ2) is 4.43. The summed E-state index contributed by atoms with van der Waals surface area (Å²) in [6.07, 6.45) is -0.296. The SMILES string of the molecule is CC.O=C1NCCO1. The third-order valence-electron chi connectivity index (χ3n) is 0.605. The molecule has 0 bridgehead atoms. The van der Waals surface area contributed by atoms with Crippen LogP contribution in [0.3, 0.4) is 0 Å². The molecule has 0 aromatic rings. The first-order valence-electron chi connectivity index (χ1n) is 2.80. The minimum absolute atomic E-state index is 0.296. The van der Waals surface area contributed by atoms with E-state index in [4.69, 9.17) is 0 Å². The van der Waals surface area contributed by atoms with Gasteiger partial charge in [0.25, 0.3) is 0 Å². The Morgan fingerprint density at radius 3 is 2.38 bits per heavy atom. The number of cyclic esters (lactones) is 1. The second-order valence-corrected chi connectivity index (χ2v) is 1.06. The van der Waals surface area contributed by atoms with E-state index < -0.39 is 0 Å². The molecule has 0 aliphatic carbocycles. The van der Waals surface area contributed by atoms with Crippen molar-refractivity contribution in [2.45, 2.75) is 13.8 Å². The lowest BCUT2D eigenvalue weighted by atomic mass is 10.7. The molecular formula is C5H11NO2. The Morgan fingerprint density at radius 2 is 2.25 bits per heavy atom. The molecule has 0 saturated carbocycles. The van der Waals surface area contributed by atoms with Crippen molar-refractivity contribution in [3.8, 4) is 0 Å². The first kappa shape index (κ1) is 7.27. The Labute approximate surface area is 49.0 Å². The lowest BCUT2D eigenvalue weighted by Crippen LogP contribution is -2.11. The van der Waals surface area contributed by atoms with Crippen LogP contribution in [0.2, 0.25) is 0 Å². The van der Waals surface area contributed by atoms with E-state index in [1.54, 1.807) is 0 Å². The highest BCUT2D eigenvalue weighted by atomic mass is 16.6. The number of amides is 1. The van der Waals surface area contributed by atoms with Gasteiger partial charge in [0.2, 0.25) is 0 Å². The maximum absolute atomic E-state index is 9.91. The fraction of sp³-hybridized carbons (Fsp3) is 0.800. The highest BCUT2D eigenvalue weighted by Gasteiger charge is 2.06. The molecule has 0 aromatic heterocycles. The number of nitrogens with one attached hydrogen (secondary N) is 1. The minimum Gasteiger partial charge on any atom is -0.448 e. The van der Waals surface area contributed by atoms with Crippen molar-refractivity contribution in [3.05, 3.63) is 0 Å². The van der Waals surface area contributed by atoms with E-state index >= 15 is 0 Å². The van der Waals surface area contributed by atoms with Crippen LogP contribution in [-0.4, -0.2) is 19.2 Å². The van der Waals surface area contributed by atoms with E-state index in [-0.39, 0.29) is 6.09 Å². The summed E-state index contributed by atoms with van der Waals surface area (Å²) >= 11 is 0. The van der Waals surface area contributed by atoms with Crippen molar-refractivity contribution in [3.63, 3.8) is 0 Å². The molecule has 1 N–H and O–H groups in total. The number of hydrogen-bond donors (Lipinski definition) is 1. The molecule has 0 radical (unpaired) electrons. The van der Waals surface area contributed by atoms with Crippen molar-refractivity contribution in [1.82, 2.24) is 5.32 Å². The summed E-state index contributed by atoms with van der Waals surface area (Å²) in [6.45, 7) is 5.19. The third kappa shape index (κ3) is 2.44. The lowest BCUT2D eigenvalue weighted by molar-refractivity contribution is 0.178. The summed E-state index contributed by atoms with van der Waals surface area (Å²) < 4.78 is 4.40. The predicted molar refractivity (Wildman–Crippen MR) is 30.7 cm³/mol. The summed E-state index contributed by atoms with van der Waals surface area (Å²) in [5, 5.41) is 2.46. The summed E-state index contributed by atoms with van der Waals surface area (Å²) in [5.41, 5.74) is 0. The van der Waals surface area contributed by atoms with E-state index in [9.17, 15) is 4.79 Å². The monoisotopic (exact) mass is 117 g/mol. The van der Waals surface area contributed by atoms with Gasteiger partial charge in [0, 0.05) is 0 Å². The molecule has 8 heavy (non-hydrogen) atoms. The van der Waals surface area contributed by atoms with Crippen LogP contribution in [0, 0.1) is 0 Å². The normalized spacial score (nSPS) is 15.5. The highest BCUT2D eigenvalue weighted by Crippen LogP contribution is 1.82. The van der Waals surface area contributed by atoms with Gasteiger partial charge in [-0.15, -0.1) is 0 Å². The molecule has 48 valence electrons. The van der Waals surface area contributed by atoms with Gasteiger partial charge in [-0.3, -0.25) is 0 Å². The van der Waals surface area contributed by atoms with Gasteiger partial charge >= 0.3 is 6.09 Å². The van der Waals surface area contributed by atoms with Crippen molar-refractivity contribution in [1.29, 1.82) is 0 Å². The molecular weight excluding hydrogens is 106 g/mol. The fourth-order valence-electron chi connectivity index (χ4n) is 0.348. The van der Waals surface area contributed by atoms with E-state index in [2.05, 4.69) is 10.1 Å². The van der Waals surface area contributed by atoms with E-state index in [1.807, 2.05) is 13.8 Å². The molecule has 1 amide bonds. The van der Waals surface area contributed by atoms with Crippen LogP contribution >= 0.6 is 0 Å². The first-order chi connectivity index (χ1) is 3.89. The largest absolute Gasteiger partial charge is 0.448 e. The van der Waals surface area contributed by atoms with Gasteiger partial charge in [0.05, 0.1) is 6.54 Å². The molecule has 0 spiro atoms. The molecule has 3 nitrogen and oxygen atoms in total. The number of carbonyl (C=O) groups excluding carboxylic acids is 1. The summed E-state index contributed by atoms with van der Waals surface area (Å²) in [7, 11) is 0. The van der Waals surface area contributed by atoms with Crippen molar-refractivity contribution in [2.75, 3.05) is 13.2 Å². The summed E-state index contributed by atoms with van der Waals surface area (Å²) in [5.74, 6) is 0. The molecule has 0 atom stereocenters. The first-order valence-corrected chi connectivity index (χ1v) is 2.80. The third-order valence-corrected chi connectivity index (χ3v) is 0.605. The minimum atomic E-state index is -0.296. The maximum Gasteiger partial charge on any atom is 0.407 e. The standard InChI is InChI=1S/C3H5NO2.C2H6/c5-3-4-1-2-6-3;1-2/h1-2H2,(H,4,5);1-2H3. The zero-order valence-corrected chi connectivity index (χ0v) is 5.23. The molecule has 1 rings (SSSR count). The maximum atomic E-state index is 9.91. The van der Waals surface area contributed by atoms with Crippen LogP contribution in [0.5, 0.6) is 0 Å². The number of hydrogen-bond acceptors (Lipinski definition) is 2. The Morgan fingerprint density at radius 1 is 1.62 bits per heavy atom. The average Bonchev–Trinajstić information content (AvgIpc) is 2.24. The topological polar surface area (TPSA) is 38.3 Å². The number of carbonyl (C=O) groups is 1. The summed E-state index contributed by atoms with van der Waals surface area (Å²) in [4.78, 5) is 9.91. The molecule has 1 fully saturated rings. The van der Waals surface area contributed by atoms with Crippen LogP contribution in [0.25, 0.3) is 0 Å². The number of alkyl carbamates (subject to hydrolysis) is 1. The summed E-state index contributed by atoms with van der Waals surface area (Å²) in [6, 6.07) is 0. The van der Waals surface area contributed by atoms with Gasteiger partial charge in [-0.2, -0.15) is 0 Å². The molecule has 1 saturated heterocycles. The Kier molecular flexibility index (Phi) is 4.03. The lowest BCUT2D eigenvalue weighted by Gasteiger charge is -1.80. The Balaban J connectivity index is 0.000000222. The second-order valence-electron chi connectivity index (χ2n) is 1.06. The van der Waals surface area contributed by atoms with Crippen molar-refractivity contribution >= 4 is 6.09 Å². The quantitative estimate of drug-likeness (QED) is 0.508. The highest BCUT2D eigenvalue weighted by molar-refractivity contribution is 5.68. The van der Waals surface area contributed by atoms with Crippen molar-refractivity contribution in [2.24, 2.45) is 0 Å². The van der Waals surface area contributed by atoms with Crippen LogP contribution in [0.1, 0.15) is 13.8 Å². The molecule has 1 heterocycles. The molecule has 0 aromatic carbocycles. The fourth-order valence-corrected chi connectivity index (χ4v) is 0.348. The van der Waals surface area contributed by atoms with Gasteiger partial charge in [0.15, 0.2) is 0 Å². The van der Waals surface area contributed by atoms with Crippen LogP contribution in [-0.2, 0) is 4.74 Å². The predicted octanol–water partition coefficient (Wildman–Crippen LogP) is 0.752. The number of rotatable bonds is 0. The van der Waals surface area contributed by atoms with E-state index in [0.29, 0.717) is 13.2 Å². The average molecular weight is 117 g/mol. The smallest absolute Gasteiger partial charge is 0.407 e. The van der Waals surface area contributed by atoms with Gasteiger partial charge in [0.1, 0.15) is 6.61 Å². The van der Waals surface area contributed by atoms with Gasteiger partial charge in [-0.05, 0) is 0 Å². The van der Waals surface area contributed by atoms with Gasteiger partial charge in [-0.25, -0.2) is 4.79 Å². The van der Waals surface area contributed by atoms with Gasteiger partial charge < -0.3 is 10.1 Å². The van der Waals surface area contributed by atoms with Gasteiger partial charge in [-0.1, -0.05) is 13.8 Å². The van der Waals surface area contributed by atoms with Crippen LogP contribution in [0.4, 0.5) is 4.79 Å². The van der Waals surface area contributed by atoms with Crippen molar-refractivity contribution < 1.29 is 9.53 Å². The molecule has 3 heteroatoms. The molecule has 1 aliphatic rings. The number of ether oxygens (including phenoxy) is 1. The molecule has 1 aliphatic heterocycles. The zero-order chi connectivity index (χ0) is 6.41. The van der Waals surface area contributed by atoms with E-state index in [0.717, 1.165) is 0 Å². The Hall–Kier alpha value is -0.730. The van der Waals surface area contributed by atoms with Crippen LogP contribution in [0.15, 0.2) is 0 Å². The van der Waals surface area contributed by atoms with Crippen LogP contribution < -0.4 is 5.32 Å². The molecule has 0 unspecified atom stereocenters.